The van der Waals surface area contributed by atoms with Crippen molar-refractivity contribution in [3.63, 3.8) is 0 Å². The van der Waals surface area contributed by atoms with Gasteiger partial charge in [0.05, 0.1) is 0 Å². The predicted octanol–water partition coefficient (Wildman–Crippen LogP) is 2.79. The number of likely N-dealkylation sites (tertiary alicyclic amines) is 1. The number of nitrogens with zero attached hydrogens (tertiary/aromatic N) is 1. The summed E-state index contributed by atoms with van der Waals surface area (Å²) in [6.45, 7) is 2.33. The van der Waals surface area contributed by atoms with Crippen molar-refractivity contribution in [2.24, 2.45) is 0 Å². The molecule has 0 saturated carbocycles. The van der Waals surface area contributed by atoms with Crippen LogP contribution in [0.15, 0.2) is 54.1 Å². The maximum absolute atomic E-state index is 2.42. The SMILES string of the molecule is CN1CCC(=C2C=c3ccccc3=Cc3ccccc32)CC1. The summed E-state index contributed by atoms with van der Waals surface area (Å²) in [7, 11) is 2.22. The molecule has 1 nitrogen and oxygen atoms in total. The molecule has 0 atom stereocenters. The number of rotatable bonds is 0. The molecule has 2 aromatic carbocycles. The Labute approximate surface area is 131 Å². The van der Waals surface area contributed by atoms with Crippen molar-refractivity contribution < 1.29 is 0 Å². The number of piperidine rings is 1. The van der Waals surface area contributed by atoms with Gasteiger partial charge in [0.2, 0.25) is 0 Å². The monoisotopic (exact) mass is 287 g/mol. The van der Waals surface area contributed by atoms with Crippen LogP contribution in [-0.2, 0) is 0 Å². The molecule has 1 aliphatic heterocycles. The summed E-state index contributed by atoms with van der Waals surface area (Å²) < 4.78 is 0. The Balaban J connectivity index is 1.98. The third kappa shape index (κ3) is 2.42. The van der Waals surface area contributed by atoms with E-state index < -0.39 is 0 Å². The molecule has 4 rings (SSSR count). The molecule has 2 aliphatic rings. The third-order valence-corrected chi connectivity index (χ3v) is 4.83. The van der Waals surface area contributed by atoms with E-state index in [2.05, 4.69) is 72.6 Å². The zero-order chi connectivity index (χ0) is 14.9. The zero-order valence-electron chi connectivity index (χ0n) is 13.0. The average molecular weight is 287 g/mol. The van der Waals surface area contributed by atoms with Gasteiger partial charge in [0.15, 0.2) is 0 Å². The number of hydrogen-bond donors (Lipinski definition) is 0. The minimum absolute atomic E-state index is 1.17. The van der Waals surface area contributed by atoms with Gasteiger partial charge in [-0.1, -0.05) is 54.1 Å². The second-order valence-corrected chi connectivity index (χ2v) is 6.33. The van der Waals surface area contributed by atoms with Crippen LogP contribution in [0.5, 0.6) is 0 Å². The van der Waals surface area contributed by atoms with Crippen LogP contribution in [-0.4, -0.2) is 25.0 Å². The van der Waals surface area contributed by atoms with Crippen LogP contribution in [0.2, 0.25) is 0 Å². The molecule has 0 unspecified atom stereocenters. The first-order valence-electron chi connectivity index (χ1n) is 8.10. The Hall–Kier alpha value is -2.12. The van der Waals surface area contributed by atoms with E-state index in [0.29, 0.717) is 0 Å². The van der Waals surface area contributed by atoms with E-state index in [1.165, 1.54) is 53.1 Å². The minimum atomic E-state index is 1.17. The van der Waals surface area contributed by atoms with Crippen LogP contribution in [0.4, 0.5) is 0 Å². The van der Waals surface area contributed by atoms with Crippen molar-refractivity contribution in [1.82, 2.24) is 4.90 Å². The Morgan fingerprint density at radius 1 is 0.773 bits per heavy atom. The van der Waals surface area contributed by atoms with Crippen LogP contribution in [0.3, 0.4) is 0 Å². The molecule has 1 aliphatic carbocycles. The lowest BCUT2D eigenvalue weighted by Crippen LogP contribution is -2.27. The molecular weight excluding hydrogens is 266 g/mol. The molecule has 0 amide bonds. The summed E-state index contributed by atoms with van der Waals surface area (Å²) >= 11 is 0. The second-order valence-electron chi connectivity index (χ2n) is 6.33. The van der Waals surface area contributed by atoms with Crippen LogP contribution in [0.25, 0.3) is 17.7 Å². The molecule has 0 spiro atoms. The maximum Gasteiger partial charge on any atom is 0.00160 e. The van der Waals surface area contributed by atoms with Gasteiger partial charge in [0, 0.05) is 13.1 Å². The van der Waals surface area contributed by atoms with E-state index in [1.54, 1.807) is 5.57 Å². The number of allylic oxidation sites excluding steroid dienone is 1. The highest BCUT2D eigenvalue weighted by Crippen LogP contribution is 2.30. The smallest absolute Gasteiger partial charge is 0.00160 e. The lowest BCUT2D eigenvalue weighted by Gasteiger charge is -2.26. The molecule has 0 bridgehead atoms. The van der Waals surface area contributed by atoms with Gasteiger partial charge < -0.3 is 4.90 Å². The topological polar surface area (TPSA) is 3.24 Å². The molecule has 1 heteroatoms. The summed E-state index contributed by atoms with van der Waals surface area (Å²) in [5, 5.41) is 2.65. The largest absolute Gasteiger partial charge is 0.306 e. The van der Waals surface area contributed by atoms with E-state index >= 15 is 0 Å². The standard InChI is InChI=1S/C21H21N/c1-22-12-10-16(11-13-22)21-15-18-7-3-2-6-17(18)14-19-8-4-5-9-20(19)21/h2-9,14-15H,10-13H2,1H3. The van der Waals surface area contributed by atoms with Crippen LogP contribution in [0, 0.1) is 0 Å². The summed E-state index contributed by atoms with van der Waals surface area (Å²) in [4.78, 5) is 2.42. The van der Waals surface area contributed by atoms with Crippen LogP contribution in [0.1, 0.15) is 24.0 Å². The van der Waals surface area contributed by atoms with Gasteiger partial charge >= 0.3 is 0 Å². The molecule has 1 saturated heterocycles. The van der Waals surface area contributed by atoms with E-state index in [0.717, 1.165) is 0 Å². The number of hydrogen-bond acceptors (Lipinski definition) is 1. The fourth-order valence-corrected chi connectivity index (χ4v) is 3.49. The molecular formula is C21H21N. The van der Waals surface area contributed by atoms with Gasteiger partial charge in [-0.25, -0.2) is 0 Å². The Morgan fingerprint density at radius 3 is 2.18 bits per heavy atom. The number of benzene rings is 2. The van der Waals surface area contributed by atoms with Crippen molar-refractivity contribution >= 4 is 17.7 Å². The lowest BCUT2D eigenvalue weighted by atomic mass is 9.91. The quantitative estimate of drug-likeness (QED) is 0.720. The van der Waals surface area contributed by atoms with E-state index in [1.807, 2.05) is 0 Å². The van der Waals surface area contributed by atoms with Gasteiger partial charge in [0.25, 0.3) is 0 Å². The van der Waals surface area contributed by atoms with Crippen molar-refractivity contribution in [1.29, 1.82) is 0 Å². The molecule has 110 valence electrons. The van der Waals surface area contributed by atoms with Gasteiger partial charge in [0.1, 0.15) is 0 Å². The van der Waals surface area contributed by atoms with Crippen LogP contribution >= 0.6 is 0 Å². The van der Waals surface area contributed by atoms with Crippen LogP contribution < -0.4 is 10.4 Å². The van der Waals surface area contributed by atoms with Crippen molar-refractivity contribution in [3.05, 3.63) is 75.7 Å². The highest BCUT2D eigenvalue weighted by atomic mass is 15.1. The molecule has 0 radical (unpaired) electrons. The van der Waals surface area contributed by atoms with Gasteiger partial charge in [-0.05, 0) is 59.2 Å². The van der Waals surface area contributed by atoms with E-state index in [-0.39, 0.29) is 0 Å². The van der Waals surface area contributed by atoms with E-state index in [9.17, 15) is 0 Å². The third-order valence-electron chi connectivity index (χ3n) is 4.83. The van der Waals surface area contributed by atoms with Crippen molar-refractivity contribution in [2.75, 3.05) is 20.1 Å². The van der Waals surface area contributed by atoms with E-state index in [4.69, 9.17) is 0 Å². The molecule has 0 aromatic heterocycles. The molecule has 0 N–H and O–H groups in total. The number of fused-ring (bicyclic) bond motifs is 2. The molecule has 1 heterocycles. The first-order chi connectivity index (χ1) is 10.8. The van der Waals surface area contributed by atoms with Crippen molar-refractivity contribution in [2.45, 2.75) is 12.8 Å². The highest BCUT2D eigenvalue weighted by molar-refractivity contribution is 5.94. The first kappa shape index (κ1) is 13.5. The fourth-order valence-electron chi connectivity index (χ4n) is 3.49. The summed E-state index contributed by atoms with van der Waals surface area (Å²) in [6.07, 6.45) is 7.08. The fraction of sp³-hybridized carbons (Fsp3) is 0.238. The molecule has 1 fully saturated rings. The lowest BCUT2D eigenvalue weighted by molar-refractivity contribution is 0.313. The molecule has 2 aromatic rings. The Kier molecular flexibility index (Phi) is 3.44. The van der Waals surface area contributed by atoms with Gasteiger partial charge in [-0.3, -0.25) is 0 Å². The Bertz CT molecular complexity index is 847. The minimum Gasteiger partial charge on any atom is -0.306 e. The predicted molar refractivity (Wildman–Crippen MR) is 93.8 cm³/mol. The summed E-state index contributed by atoms with van der Waals surface area (Å²) in [5.41, 5.74) is 5.78. The maximum atomic E-state index is 2.42. The normalized spacial score (nSPS) is 17.9. The van der Waals surface area contributed by atoms with Crippen molar-refractivity contribution in [3.8, 4) is 0 Å². The summed E-state index contributed by atoms with van der Waals surface area (Å²) in [5.74, 6) is 0. The molecule has 22 heavy (non-hydrogen) atoms. The average Bonchev–Trinajstić information content (AvgIpc) is 2.72. The Morgan fingerprint density at radius 2 is 1.41 bits per heavy atom. The highest BCUT2D eigenvalue weighted by Gasteiger charge is 2.16. The van der Waals surface area contributed by atoms with Gasteiger partial charge in [-0.15, -0.1) is 0 Å². The first-order valence-corrected chi connectivity index (χ1v) is 8.10. The van der Waals surface area contributed by atoms with Gasteiger partial charge in [-0.2, -0.15) is 0 Å². The zero-order valence-corrected chi connectivity index (χ0v) is 13.0. The summed E-state index contributed by atoms with van der Waals surface area (Å²) in [6, 6.07) is 17.5. The second kappa shape index (κ2) is 5.58.